The van der Waals surface area contributed by atoms with Crippen LogP contribution in [0, 0.1) is 0 Å². The Balaban J connectivity index is 1.98. The van der Waals surface area contributed by atoms with Gasteiger partial charge in [0.2, 0.25) is 5.95 Å². The van der Waals surface area contributed by atoms with Gasteiger partial charge in [0.25, 0.3) is 0 Å². The minimum atomic E-state index is -0.966. The topological polar surface area (TPSA) is 75.1 Å². The van der Waals surface area contributed by atoms with Crippen LogP contribution >= 0.6 is 11.8 Å². The van der Waals surface area contributed by atoms with Crippen LogP contribution in [0.5, 0.6) is 0 Å². The molecule has 5 nitrogen and oxygen atoms in total. The summed E-state index contributed by atoms with van der Waals surface area (Å²) in [6.07, 6.45) is 2.76. The predicted octanol–water partition coefficient (Wildman–Crippen LogP) is 2.25. The van der Waals surface area contributed by atoms with E-state index in [2.05, 4.69) is 15.3 Å². The van der Waals surface area contributed by atoms with E-state index in [9.17, 15) is 9.90 Å². The minimum absolute atomic E-state index is 0.212. The van der Waals surface area contributed by atoms with Gasteiger partial charge >= 0.3 is 5.97 Å². The molecule has 0 spiro atoms. The molecule has 19 heavy (non-hydrogen) atoms. The van der Waals surface area contributed by atoms with E-state index in [1.807, 2.05) is 17.8 Å². The molecule has 3 rings (SSSR count). The lowest BCUT2D eigenvalue weighted by Gasteiger charge is -2.11. The molecule has 1 aromatic carbocycles. The number of thioether (sulfide) groups is 1. The fourth-order valence-corrected chi connectivity index (χ4v) is 3.28. The average Bonchev–Trinajstić information content (AvgIpc) is 2.90. The van der Waals surface area contributed by atoms with E-state index in [0.29, 0.717) is 17.5 Å². The molecule has 2 N–H and O–H groups in total. The SMILES string of the molecule is O=C(O)c1cccc2cnc(NC3CCSC3)nc12. The van der Waals surface area contributed by atoms with Crippen LogP contribution in [0.3, 0.4) is 0 Å². The number of benzene rings is 1. The van der Waals surface area contributed by atoms with Crippen molar-refractivity contribution < 1.29 is 9.90 Å². The van der Waals surface area contributed by atoms with Gasteiger partial charge in [-0.2, -0.15) is 11.8 Å². The molecule has 2 heterocycles. The highest BCUT2D eigenvalue weighted by atomic mass is 32.2. The van der Waals surface area contributed by atoms with E-state index >= 15 is 0 Å². The number of rotatable bonds is 3. The summed E-state index contributed by atoms with van der Waals surface area (Å²) in [5, 5.41) is 13.2. The molecule has 0 bridgehead atoms. The first-order chi connectivity index (χ1) is 9.24. The number of aromatic nitrogens is 2. The zero-order valence-electron chi connectivity index (χ0n) is 10.2. The molecule has 6 heteroatoms. The molecule has 1 atom stereocenters. The standard InChI is InChI=1S/C13H13N3O2S/c17-12(18)10-3-1-2-8-6-14-13(16-11(8)10)15-9-4-5-19-7-9/h1-3,6,9H,4-5,7H2,(H,17,18)(H,14,15,16). The predicted molar refractivity (Wildman–Crippen MR) is 75.9 cm³/mol. The molecule has 1 aromatic heterocycles. The second-order valence-electron chi connectivity index (χ2n) is 4.45. The lowest BCUT2D eigenvalue weighted by molar-refractivity contribution is 0.0699. The van der Waals surface area contributed by atoms with Gasteiger partial charge in [0, 0.05) is 23.4 Å². The Bertz CT molecular complexity index is 626. The molecule has 1 aliphatic heterocycles. The van der Waals surface area contributed by atoms with E-state index in [1.165, 1.54) is 0 Å². The molecule has 2 aromatic rings. The van der Waals surface area contributed by atoms with Gasteiger partial charge in [0.1, 0.15) is 0 Å². The van der Waals surface area contributed by atoms with Gasteiger partial charge in [0.05, 0.1) is 11.1 Å². The summed E-state index contributed by atoms with van der Waals surface area (Å²) < 4.78 is 0. The zero-order valence-corrected chi connectivity index (χ0v) is 11.0. The second kappa shape index (κ2) is 5.05. The summed E-state index contributed by atoms with van der Waals surface area (Å²) in [5.74, 6) is 1.73. The highest BCUT2D eigenvalue weighted by Gasteiger charge is 2.17. The first-order valence-corrected chi connectivity index (χ1v) is 7.23. The number of aromatic carboxylic acids is 1. The van der Waals surface area contributed by atoms with Gasteiger partial charge in [-0.3, -0.25) is 0 Å². The maximum Gasteiger partial charge on any atom is 0.337 e. The van der Waals surface area contributed by atoms with Gasteiger partial charge in [-0.25, -0.2) is 14.8 Å². The number of hydrogen-bond donors (Lipinski definition) is 2. The largest absolute Gasteiger partial charge is 0.478 e. The maximum atomic E-state index is 11.2. The van der Waals surface area contributed by atoms with Crippen LogP contribution in [0.2, 0.25) is 0 Å². The van der Waals surface area contributed by atoms with Gasteiger partial charge in [-0.15, -0.1) is 0 Å². The monoisotopic (exact) mass is 275 g/mol. The molecule has 1 unspecified atom stereocenters. The van der Waals surface area contributed by atoms with Gasteiger partial charge in [-0.05, 0) is 18.2 Å². The molecule has 98 valence electrons. The van der Waals surface area contributed by atoms with Gasteiger partial charge in [-0.1, -0.05) is 12.1 Å². The number of carboxylic acid groups (broad SMARTS) is 1. The van der Waals surface area contributed by atoms with Crippen LogP contribution in [0.15, 0.2) is 24.4 Å². The number of nitrogens with zero attached hydrogens (tertiary/aromatic N) is 2. The van der Waals surface area contributed by atoms with Gasteiger partial charge in [0.15, 0.2) is 0 Å². The van der Waals surface area contributed by atoms with E-state index < -0.39 is 5.97 Å². The van der Waals surface area contributed by atoms with Gasteiger partial charge < -0.3 is 10.4 Å². The van der Waals surface area contributed by atoms with Crippen LogP contribution < -0.4 is 5.32 Å². The number of para-hydroxylation sites is 1. The van der Waals surface area contributed by atoms with E-state index in [4.69, 9.17) is 0 Å². The molecule has 0 radical (unpaired) electrons. The maximum absolute atomic E-state index is 11.2. The number of anilines is 1. The minimum Gasteiger partial charge on any atom is -0.478 e. The molecule has 0 amide bonds. The molecule has 1 saturated heterocycles. The zero-order chi connectivity index (χ0) is 13.2. The highest BCUT2D eigenvalue weighted by Crippen LogP contribution is 2.22. The van der Waals surface area contributed by atoms with Crippen molar-refractivity contribution in [2.24, 2.45) is 0 Å². The van der Waals surface area contributed by atoms with Crippen molar-refractivity contribution in [2.45, 2.75) is 12.5 Å². The summed E-state index contributed by atoms with van der Waals surface area (Å²) >= 11 is 1.90. The third kappa shape index (κ3) is 2.49. The lowest BCUT2D eigenvalue weighted by Crippen LogP contribution is -2.19. The Morgan fingerprint density at radius 3 is 3.11 bits per heavy atom. The van der Waals surface area contributed by atoms with Crippen molar-refractivity contribution in [3.05, 3.63) is 30.0 Å². The van der Waals surface area contributed by atoms with Crippen LogP contribution in [0.1, 0.15) is 16.8 Å². The molecular formula is C13H13N3O2S. The Hall–Kier alpha value is -1.82. The number of carboxylic acids is 1. The first kappa shape index (κ1) is 12.2. The molecule has 0 saturated carbocycles. The number of fused-ring (bicyclic) bond motifs is 1. The number of nitrogens with one attached hydrogen (secondary N) is 1. The smallest absolute Gasteiger partial charge is 0.337 e. The quantitative estimate of drug-likeness (QED) is 0.894. The third-order valence-electron chi connectivity index (χ3n) is 3.10. The third-order valence-corrected chi connectivity index (χ3v) is 4.27. The molecule has 1 fully saturated rings. The summed E-state index contributed by atoms with van der Waals surface area (Å²) in [6.45, 7) is 0. The number of carbonyl (C=O) groups is 1. The fourth-order valence-electron chi connectivity index (χ4n) is 2.13. The lowest BCUT2D eigenvalue weighted by atomic mass is 10.1. The summed E-state index contributed by atoms with van der Waals surface area (Å²) in [5.41, 5.74) is 0.696. The average molecular weight is 275 g/mol. The molecular weight excluding hydrogens is 262 g/mol. The van der Waals surface area contributed by atoms with Crippen LogP contribution in [-0.2, 0) is 0 Å². The number of hydrogen-bond acceptors (Lipinski definition) is 5. The summed E-state index contributed by atoms with van der Waals surface area (Å²) in [7, 11) is 0. The van der Waals surface area contributed by atoms with Crippen LogP contribution in [0.25, 0.3) is 10.9 Å². The van der Waals surface area contributed by atoms with E-state index in [1.54, 1.807) is 18.3 Å². The van der Waals surface area contributed by atoms with E-state index in [-0.39, 0.29) is 5.56 Å². The highest BCUT2D eigenvalue weighted by molar-refractivity contribution is 7.99. The Morgan fingerprint density at radius 2 is 2.37 bits per heavy atom. The Kier molecular flexibility index (Phi) is 3.25. The van der Waals surface area contributed by atoms with Crippen molar-refractivity contribution in [2.75, 3.05) is 16.8 Å². The second-order valence-corrected chi connectivity index (χ2v) is 5.60. The summed E-state index contributed by atoms with van der Waals surface area (Å²) in [6, 6.07) is 5.46. The van der Waals surface area contributed by atoms with Crippen LogP contribution in [-0.4, -0.2) is 38.6 Å². The van der Waals surface area contributed by atoms with Crippen molar-refractivity contribution in [3.8, 4) is 0 Å². The normalized spacial score (nSPS) is 18.6. The van der Waals surface area contributed by atoms with Crippen molar-refractivity contribution in [3.63, 3.8) is 0 Å². The summed E-state index contributed by atoms with van der Waals surface area (Å²) in [4.78, 5) is 19.8. The molecule has 1 aliphatic rings. The first-order valence-electron chi connectivity index (χ1n) is 6.07. The molecule has 0 aliphatic carbocycles. The van der Waals surface area contributed by atoms with Crippen LogP contribution in [0.4, 0.5) is 5.95 Å². The van der Waals surface area contributed by atoms with Crippen molar-refractivity contribution >= 4 is 34.6 Å². The Morgan fingerprint density at radius 1 is 1.47 bits per heavy atom. The Labute approximate surface area is 114 Å². The van der Waals surface area contributed by atoms with Crippen molar-refractivity contribution in [1.82, 2.24) is 9.97 Å². The van der Waals surface area contributed by atoms with E-state index in [0.717, 1.165) is 23.3 Å². The van der Waals surface area contributed by atoms with Crippen molar-refractivity contribution in [1.29, 1.82) is 0 Å². The fraction of sp³-hybridized carbons (Fsp3) is 0.308.